The predicted octanol–water partition coefficient (Wildman–Crippen LogP) is 1.76. The first-order valence-corrected chi connectivity index (χ1v) is 6.43. The highest BCUT2D eigenvalue weighted by atomic mass is 16.5. The summed E-state index contributed by atoms with van der Waals surface area (Å²) in [7, 11) is 0. The lowest BCUT2D eigenvalue weighted by Gasteiger charge is -2.30. The number of benzene rings is 1. The van der Waals surface area contributed by atoms with Crippen molar-refractivity contribution < 1.29 is 4.74 Å². The Bertz CT molecular complexity index is 653. The molecule has 0 atom stereocenters. The van der Waals surface area contributed by atoms with E-state index in [0.717, 1.165) is 18.8 Å². The zero-order valence-corrected chi connectivity index (χ0v) is 11.3. The van der Waals surface area contributed by atoms with Crippen LogP contribution in [0.15, 0.2) is 35.5 Å². The van der Waals surface area contributed by atoms with E-state index in [9.17, 15) is 0 Å². The van der Waals surface area contributed by atoms with Crippen molar-refractivity contribution in [3.63, 3.8) is 0 Å². The number of ether oxygens (including phenoxy) is 1. The third-order valence-electron chi connectivity index (χ3n) is 3.10. The minimum absolute atomic E-state index is 0.0410. The summed E-state index contributed by atoms with van der Waals surface area (Å²) in [6.45, 7) is 2.81. The maximum Gasteiger partial charge on any atom is 0.163 e. The van der Waals surface area contributed by atoms with Crippen molar-refractivity contribution >= 4 is 11.4 Å². The molecule has 0 bridgehead atoms. The summed E-state index contributed by atoms with van der Waals surface area (Å²) in [4.78, 5) is 2.14. The van der Waals surface area contributed by atoms with Crippen LogP contribution in [0, 0.1) is 34.0 Å². The molecule has 0 spiro atoms. The van der Waals surface area contributed by atoms with E-state index in [0.29, 0.717) is 18.9 Å². The van der Waals surface area contributed by atoms with Gasteiger partial charge in [0.05, 0.1) is 24.6 Å². The minimum Gasteiger partial charge on any atom is -0.378 e. The van der Waals surface area contributed by atoms with E-state index in [1.807, 2.05) is 30.3 Å². The van der Waals surface area contributed by atoms with Crippen molar-refractivity contribution in [1.29, 1.82) is 15.8 Å². The topological polar surface area (TPSA) is 95.9 Å². The summed E-state index contributed by atoms with van der Waals surface area (Å²) in [6, 6.07) is 12.8. The van der Waals surface area contributed by atoms with Gasteiger partial charge < -0.3 is 15.0 Å². The lowest BCUT2D eigenvalue weighted by Crippen LogP contribution is -2.36. The monoisotopic (exact) mass is 279 g/mol. The molecule has 1 N–H and O–H groups in total. The fourth-order valence-electron chi connectivity index (χ4n) is 2.08. The molecular formula is C15H13N5O. The van der Waals surface area contributed by atoms with Gasteiger partial charge in [-0.15, -0.1) is 0 Å². The molecule has 0 unspecified atom stereocenters. The average molecular weight is 279 g/mol. The van der Waals surface area contributed by atoms with Gasteiger partial charge in [-0.25, -0.2) is 0 Å². The highest BCUT2D eigenvalue weighted by molar-refractivity contribution is 5.73. The second kappa shape index (κ2) is 6.96. The van der Waals surface area contributed by atoms with Gasteiger partial charge in [0.25, 0.3) is 0 Å². The van der Waals surface area contributed by atoms with Crippen LogP contribution < -0.4 is 10.2 Å². The van der Waals surface area contributed by atoms with Gasteiger partial charge in [-0.1, -0.05) is 12.1 Å². The van der Waals surface area contributed by atoms with Crippen LogP contribution in [-0.2, 0) is 4.74 Å². The summed E-state index contributed by atoms with van der Waals surface area (Å²) >= 11 is 0. The highest BCUT2D eigenvalue weighted by Crippen LogP contribution is 2.27. The zero-order chi connectivity index (χ0) is 15.1. The number of allylic oxidation sites excluding steroid dienone is 2. The number of morpholine rings is 1. The minimum atomic E-state index is -0.228. The molecule has 1 fully saturated rings. The van der Waals surface area contributed by atoms with Crippen molar-refractivity contribution in [2.75, 3.05) is 36.5 Å². The molecule has 21 heavy (non-hydrogen) atoms. The maximum atomic E-state index is 9.12. The molecular weight excluding hydrogens is 266 g/mol. The number of nitriles is 3. The van der Waals surface area contributed by atoms with Crippen LogP contribution in [-0.4, -0.2) is 26.3 Å². The Morgan fingerprint density at radius 2 is 1.71 bits per heavy atom. The van der Waals surface area contributed by atoms with Gasteiger partial charge in [0, 0.05) is 13.1 Å². The van der Waals surface area contributed by atoms with Crippen molar-refractivity contribution in [1.82, 2.24) is 0 Å². The van der Waals surface area contributed by atoms with E-state index in [4.69, 9.17) is 20.5 Å². The molecule has 0 radical (unpaired) electrons. The van der Waals surface area contributed by atoms with E-state index in [1.54, 1.807) is 12.1 Å². The fourth-order valence-corrected chi connectivity index (χ4v) is 2.08. The second-order valence-corrected chi connectivity index (χ2v) is 4.33. The number of nitrogens with zero attached hydrogens (tertiary/aromatic N) is 4. The number of anilines is 2. The van der Waals surface area contributed by atoms with Crippen LogP contribution in [0.1, 0.15) is 0 Å². The van der Waals surface area contributed by atoms with Crippen LogP contribution in [0.2, 0.25) is 0 Å². The molecule has 104 valence electrons. The molecule has 1 aromatic rings. The largest absolute Gasteiger partial charge is 0.378 e. The summed E-state index contributed by atoms with van der Waals surface area (Å²) in [6.07, 6.45) is 0. The first kappa shape index (κ1) is 14.4. The van der Waals surface area contributed by atoms with Gasteiger partial charge in [0.2, 0.25) is 0 Å². The lowest BCUT2D eigenvalue weighted by atomic mass is 10.2. The quantitative estimate of drug-likeness (QED) is 0.847. The number of hydrogen-bond acceptors (Lipinski definition) is 6. The molecule has 0 saturated carbocycles. The van der Waals surface area contributed by atoms with Crippen LogP contribution in [0.5, 0.6) is 0 Å². The molecule has 0 aromatic heterocycles. The second-order valence-electron chi connectivity index (χ2n) is 4.33. The molecule has 1 heterocycles. The Morgan fingerprint density at radius 3 is 2.33 bits per heavy atom. The van der Waals surface area contributed by atoms with Gasteiger partial charge in [0.15, 0.2) is 5.57 Å². The van der Waals surface area contributed by atoms with E-state index >= 15 is 0 Å². The SMILES string of the molecule is N#CC(C#N)=C(C#N)Nc1ccccc1N1CCOCC1. The van der Waals surface area contributed by atoms with Crippen molar-refractivity contribution in [3.8, 4) is 18.2 Å². The fraction of sp³-hybridized carbons (Fsp3) is 0.267. The molecule has 1 saturated heterocycles. The molecule has 0 aliphatic carbocycles. The smallest absolute Gasteiger partial charge is 0.163 e. The third-order valence-corrected chi connectivity index (χ3v) is 3.10. The van der Waals surface area contributed by atoms with E-state index in [1.165, 1.54) is 0 Å². The summed E-state index contributed by atoms with van der Waals surface area (Å²) < 4.78 is 5.33. The highest BCUT2D eigenvalue weighted by Gasteiger charge is 2.16. The molecule has 1 aliphatic heterocycles. The molecule has 6 nitrogen and oxygen atoms in total. The Morgan fingerprint density at radius 1 is 1.05 bits per heavy atom. The molecule has 6 heteroatoms. The normalized spacial score (nSPS) is 13.5. The van der Waals surface area contributed by atoms with Crippen molar-refractivity contribution in [2.24, 2.45) is 0 Å². The van der Waals surface area contributed by atoms with Gasteiger partial charge in [-0.3, -0.25) is 0 Å². The van der Waals surface area contributed by atoms with Crippen LogP contribution in [0.4, 0.5) is 11.4 Å². The Hall–Kier alpha value is -3.01. The van der Waals surface area contributed by atoms with Gasteiger partial charge >= 0.3 is 0 Å². The maximum absolute atomic E-state index is 9.12. The van der Waals surface area contributed by atoms with E-state index in [2.05, 4.69) is 10.2 Å². The van der Waals surface area contributed by atoms with Gasteiger partial charge in [-0.05, 0) is 12.1 Å². The number of para-hydroxylation sites is 2. The molecule has 2 rings (SSSR count). The van der Waals surface area contributed by atoms with Gasteiger partial charge in [-0.2, -0.15) is 15.8 Å². The van der Waals surface area contributed by atoms with Crippen molar-refractivity contribution in [3.05, 3.63) is 35.5 Å². The van der Waals surface area contributed by atoms with Crippen LogP contribution in [0.3, 0.4) is 0 Å². The number of rotatable bonds is 3. The summed E-state index contributed by atoms with van der Waals surface area (Å²) in [5.74, 6) is 0. The van der Waals surface area contributed by atoms with Crippen LogP contribution >= 0.6 is 0 Å². The number of nitrogens with one attached hydrogen (secondary N) is 1. The van der Waals surface area contributed by atoms with Crippen LogP contribution in [0.25, 0.3) is 0 Å². The summed E-state index contributed by atoms with van der Waals surface area (Å²) in [5.41, 5.74) is 1.35. The first-order valence-electron chi connectivity index (χ1n) is 6.43. The average Bonchev–Trinajstić information content (AvgIpc) is 2.56. The van der Waals surface area contributed by atoms with Gasteiger partial charge in [0.1, 0.15) is 23.9 Å². The molecule has 1 aromatic carbocycles. The zero-order valence-electron chi connectivity index (χ0n) is 11.3. The summed E-state index contributed by atoms with van der Waals surface area (Å²) in [5, 5.41) is 29.8. The predicted molar refractivity (Wildman–Crippen MR) is 77.0 cm³/mol. The molecule has 0 amide bonds. The third kappa shape index (κ3) is 3.30. The first-order chi connectivity index (χ1) is 10.3. The van der Waals surface area contributed by atoms with E-state index < -0.39 is 0 Å². The Balaban J connectivity index is 2.33. The standard InChI is InChI=1S/C15H13N5O/c16-9-12(10-17)14(11-18)19-13-3-1-2-4-15(13)20-5-7-21-8-6-20/h1-4,19H,5-8H2. The van der Waals surface area contributed by atoms with E-state index in [-0.39, 0.29) is 11.3 Å². The lowest BCUT2D eigenvalue weighted by molar-refractivity contribution is 0.123. The Kier molecular flexibility index (Phi) is 4.77. The number of hydrogen-bond donors (Lipinski definition) is 1. The van der Waals surface area contributed by atoms with Crippen molar-refractivity contribution in [2.45, 2.75) is 0 Å². The molecule has 1 aliphatic rings. The Labute approximate surface area is 123 Å².